The van der Waals surface area contributed by atoms with Gasteiger partial charge in [-0.05, 0) is 43.6 Å². The van der Waals surface area contributed by atoms with Crippen LogP contribution in [0.1, 0.15) is 43.4 Å². The first-order valence-corrected chi connectivity index (χ1v) is 6.56. The largest absolute Gasteiger partial charge is 0.307 e. The van der Waals surface area contributed by atoms with Crippen molar-refractivity contribution in [2.45, 2.75) is 45.2 Å². The molecule has 3 atom stereocenters. The summed E-state index contributed by atoms with van der Waals surface area (Å²) in [6, 6.07) is 10.5. The molecule has 0 amide bonds. The number of aryl methyl sites for hydroxylation is 1. The molecule has 0 bridgehead atoms. The molecular weight excluding hydrogens is 194 g/mol. The molecule has 2 saturated carbocycles. The molecule has 3 rings (SSSR count). The Morgan fingerprint density at radius 3 is 2.31 bits per heavy atom. The van der Waals surface area contributed by atoms with Gasteiger partial charge < -0.3 is 5.32 Å². The zero-order chi connectivity index (χ0) is 11.1. The van der Waals surface area contributed by atoms with Crippen LogP contribution in [0, 0.1) is 18.8 Å². The van der Waals surface area contributed by atoms with Gasteiger partial charge in [0.1, 0.15) is 0 Å². The lowest BCUT2D eigenvalue weighted by Crippen LogP contribution is -2.26. The maximum atomic E-state index is 3.84. The highest BCUT2D eigenvalue weighted by Gasteiger charge is 2.39. The summed E-state index contributed by atoms with van der Waals surface area (Å²) in [4.78, 5) is 0. The van der Waals surface area contributed by atoms with E-state index in [0.29, 0.717) is 6.04 Å². The van der Waals surface area contributed by atoms with Crippen molar-refractivity contribution in [1.29, 1.82) is 0 Å². The highest BCUT2D eigenvalue weighted by molar-refractivity contribution is 5.26. The second-order valence-corrected chi connectivity index (χ2v) is 5.71. The fourth-order valence-electron chi connectivity index (χ4n) is 2.49. The first-order valence-electron chi connectivity index (χ1n) is 6.56. The lowest BCUT2D eigenvalue weighted by atomic mass is 10.0. The smallest absolute Gasteiger partial charge is 0.0351 e. The molecule has 86 valence electrons. The maximum absolute atomic E-state index is 3.84. The van der Waals surface area contributed by atoms with E-state index in [2.05, 4.69) is 43.4 Å². The van der Waals surface area contributed by atoms with Gasteiger partial charge in [0.15, 0.2) is 0 Å². The Labute approximate surface area is 98.3 Å². The van der Waals surface area contributed by atoms with Crippen molar-refractivity contribution in [1.82, 2.24) is 5.32 Å². The van der Waals surface area contributed by atoms with Crippen LogP contribution < -0.4 is 5.32 Å². The minimum absolute atomic E-state index is 0.621. The Kier molecular flexibility index (Phi) is 2.51. The van der Waals surface area contributed by atoms with Gasteiger partial charge in [-0.15, -0.1) is 0 Å². The fraction of sp³-hybridized carbons (Fsp3) is 0.600. The van der Waals surface area contributed by atoms with Crippen LogP contribution >= 0.6 is 0 Å². The highest BCUT2D eigenvalue weighted by Crippen LogP contribution is 2.43. The molecule has 2 fully saturated rings. The van der Waals surface area contributed by atoms with Crippen LogP contribution in [0.3, 0.4) is 0 Å². The van der Waals surface area contributed by atoms with E-state index in [1.807, 2.05) is 0 Å². The van der Waals surface area contributed by atoms with Gasteiger partial charge in [0.25, 0.3) is 0 Å². The van der Waals surface area contributed by atoms with Gasteiger partial charge in [-0.3, -0.25) is 0 Å². The molecule has 1 aromatic carbocycles. The van der Waals surface area contributed by atoms with Gasteiger partial charge in [-0.1, -0.05) is 36.8 Å². The van der Waals surface area contributed by atoms with Crippen molar-refractivity contribution in [3.8, 4) is 0 Å². The van der Waals surface area contributed by atoms with Gasteiger partial charge in [-0.25, -0.2) is 0 Å². The predicted octanol–water partition coefficient (Wildman–Crippen LogP) is 3.44. The Bertz CT molecular complexity index is 364. The van der Waals surface area contributed by atoms with Crippen LogP contribution in [0.5, 0.6) is 0 Å². The third kappa shape index (κ3) is 2.15. The van der Waals surface area contributed by atoms with E-state index in [-0.39, 0.29) is 0 Å². The average molecular weight is 215 g/mol. The molecule has 1 N–H and O–H groups in total. The highest BCUT2D eigenvalue weighted by atomic mass is 15.0. The molecule has 0 aliphatic heterocycles. The zero-order valence-electron chi connectivity index (χ0n) is 10.2. The number of benzene rings is 1. The molecule has 16 heavy (non-hydrogen) atoms. The van der Waals surface area contributed by atoms with E-state index in [0.717, 1.165) is 17.9 Å². The summed E-state index contributed by atoms with van der Waals surface area (Å²) in [6.07, 6.45) is 4.19. The van der Waals surface area contributed by atoms with Crippen molar-refractivity contribution >= 4 is 0 Å². The van der Waals surface area contributed by atoms with E-state index in [4.69, 9.17) is 0 Å². The monoisotopic (exact) mass is 215 g/mol. The van der Waals surface area contributed by atoms with Crippen molar-refractivity contribution in [3.05, 3.63) is 35.4 Å². The molecule has 1 nitrogen and oxygen atoms in total. The summed E-state index contributed by atoms with van der Waals surface area (Å²) in [5.41, 5.74) is 2.85. The summed E-state index contributed by atoms with van der Waals surface area (Å²) < 4.78 is 0. The lowest BCUT2D eigenvalue weighted by molar-refractivity contribution is 0.467. The van der Waals surface area contributed by atoms with Crippen LogP contribution in [0.25, 0.3) is 0 Å². The van der Waals surface area contributed by atoms with Gasteiger partial charge in [-0.2, -0.15) is 0 Å². The van der Waals surface area contributed by atoms with Crippen LogP contribution in [0.15, 0.2) is 24.3 Å². The standard InChI is InChI=1S/C15H21N/c1-10-3-5-12(6-4-10)15(13-7-8-13)16-14-9-11(14)2/h3-6,11,13-16H,7-9H2,1-2H3. The molecular formula is C15H21N. The normalized spacial score (nSPS) is 30.1. The second-order valence-electron chi connectivity index (χ2n) is 5.71. The number of rotatable bonds is 4. The van der Waals surface area contributed by atoms with Gasteiger partial charge in [0.2, 0.25) is 0 Å². The molecule has 0 saturated heterocycles. The van der Waals surface area contributed by atoms with E-state index >= 15 is 0 Å². The molecule has 0 heterocycles. The third-order valence-electron chi connectivity index (χ3n) is 4.03. The van der Waals surface area contributed by atoms with Crippen molar-refractivity contribution < 1.29 is 0 Å². The fourth-order valence-corrected chi connectivity index (χ4v) is 2.49. The minimum Gasteiger partial charge on any atom is -0.307 e. The molecule has 2 aliphatic rings. The number of nitrogens with one attached hydrogen (secondary N) is 1. The summed E-state index contributed by atoms with van der Waals surface area (Å²) in [6.45, 7) is 4.50. The quantitative estimate of drug-likeness (QED) is 0.811. The second kappa shape index (κ2) is 3.89. The maximum Gasteiger partial charge on any atom is 0.0351 e. The molecule has 2 aliphatic carbocycles. The summed E-state index contributed by atoms with van der Waals surface area (Å²) in [5, 5.41) is 3.84. The molecule has 3 unspecified atom stereocenters. The van der Waals surface area contributed by atoms with Crippen LogP contribution in [0.2, 0.25) is 0 Å². The number of hydrogen-bond donors (Lipinski definition) is 1. The van der Waals surface area contributed by atoms with Crippen LogP contribution in [-0.2, 0) is 0 Å². The van der Waals surface area contributed by atoms with Crippen molar-refractivity contribution in [2.24, 2.45) is 11.8 Å². The molecule has 0 aromatic heterocycles. The lowest BCUT2D eigenvalue weighted by Gasteiger charge is -2.19. The molecule has 1 heteroatoms. The predicted molar refractivity (Wildman–Crippen MR) is 67.3 cm³/mol. The van der Waals surface area contributed by atoms with Gasteiger partial charge in [0.05, 0.1) is 0 Å². The van der Waals surface area contributed by atoms with E-state index in [1.165, 1.54) is 30.4 Å². The third-order valence-corrected chi connectivity index (χ3v) is 4.03. The molecule has 0 spiro atoms. The molecule has 1 aromatic rings. The minimum atomic E-state index is 0.621. The Morgan fingerprint density at radius 2 is 1.81 bits per heavy atom. The van der Waals surface area contributed by atoms with Gasteiger partial charge in [0, 0.05) is 12.1 Å². The zero-order valence-corrected chi connectivity index (χ0v) is 10.2. The van der Waals surface area contributed by atoms with Crippen molar-refractivity contribution in [3.63, 3.8) is 0 Å². The van der Waals surface area contributed by atoms with E-state index in [9.17, 15) is 0 Å². The SMILES string of the molecule is Cc1ccc(C(NC2CC2C)C2CC2)cc1. The van der Waals surface area contributed by atoms with Crippen molar-refractivity contribution in [2.75, 3.05) is 0 Å². The van der Waals surface area contributed by atoms with Crippen LogP contribution in [-0.4, -0.2) is 6.04 Å². The van der Waals surface area contributed by atoms with E-state index < -0.39 is 0 Å². The van der Waals surface area contributed by atoms with E-state index in [1.54, 1.807) is 0 Å². The van der Waals surface area contributed by atoms with Crippen LogP contribution in [0.4, 0.5) is 0 Å². The first-order chi connectivity index (χ1) is 7.74. The Morgan fingerprint density at radius 1 is 1.19 bits per heavy atom. The summed E-state index contributed by atoms with van der Waals surface area (Å²) >= 11 is 0. The topological polar surface area (TPSA) is 12.0 Å². The Balaban J connectivity index is 1.74. The first kappa shape index (κ1) is 10.3. The summed E-state index contributed by atoms with van der Waals surface area (Å²) in [7, 11) is 0. The molecule has 0 radical (unpaired) electrons. The summed E-state index contributed by atoms with van der Waals surface area (Å²) in [5.74, 6) is 1.79. The number of hydrogen-bond acceptors (Lipinski definition) is 1. The van der Waals surface area contributed by atoms with Gasteiger partial charge >= 0.3 is 0 Å². The average Bonchev–Trinajstić information content (AvgIpc) is 3.14. The Hall–Kier alpha value is -0.820.